The average Bonchev–Trinajstić information content (AvgIpc) is 2.68. The number of aryl methyl sites for hydroxylation is 4. The van der Waals surface area contributed by atoms with Crippen LogP contribution in [0.5, 0.6) is 0 Å². The minimum atomic E-state index is -0.237. The number of hydrogen-bond acceptors (Lipinski definition) is 3. The molecule has 0 aliphatic rings. The third kappa shape index (κ3) is 4.99. The molecule has 3 rings (SSSR count). The molecule has 2 aromatic carbocycles. The summed E-state index contributed by atoms with van der Waals surface area (Å²) in [7, 11) is 0. The van der Waals surface area contributed by atoms with Gasteiger partial charge in [0.25, 0.3) is 5.56 Å². The second-order valence-corrected chi connectivity index (χ2v) is 7.47. The maximum atomic E-state index is 12.8. The smallest absolute Gasteiger partial charge is 0.254 e. The molecule has 0 radical (unpaired) electrons. The monoisotopic (exact) mass is 389 g/mol. The highest BCUT2D eigenvalue weighted by molar-refractivity contribution is 5.77. The maximum absolute atomic E-state index is 12.8. The lowest BCUT2D eigenvalue weighted by molar-refractivity contribution is -0.121. The van der Waals surface area contributed by atoms with Crippen LogP contribution in [-0.2, 0) is 11.2 Å². The van der Waals surface area contributed by atoms with Gasteiger partial charge in [0.05, 0.1) is 6.04 Å². The van der Waals surface area contributed by atoms with Gasteiger partial charge in [-0.15, -0.1) is 0 Å². The lowest BCUT2D eigenvalue weighted by Gasteiger charge is -2.21. The fourth-order valence-electron chi connectivity index (χ4n) is 3.47. The van der Waals surface area contributed by atoms with Crippen LogP contribution in [0.1, 0.15) is 51.8 Å². The molecule has 1 aromatic heterocycles. The molecule has 29 heavy (non-hydrogen) atoms. The SMILES string of the molecule is Cc1nc(C)c(CCC(=O)N[C@H](c2ccccc2)c2ccc(C)c(C)c2)c(=O)[nH]1. The predicted octanol–water partition coefficient (Wildman–Crippen LogP) is 3.84. The second-order valence-electron chi connectivity index (χ2n) is 7.47. The highest BCUT2D eigenvalue weighted by Crippen LogP contribution is 2.24. The van der Waals surface area contributed by atoms with Gasteiger partial charge in [0.15, 0.2) is 0 Å². The van der Waals surface area contributed by atoms with Crippen molar-refractivity contribution in [3.63, 3.8) is 0 Å². The number of nitrogens with zero attached hydrogens (tertiary/aromatic N) is 1. The Labute approximate surface area is 171 Å². The van der Waals surface area contributed by atoms with Gasteiger partial charge in [-0.3, -0.25) is 9.59 Å². The van der Waals surface area contributed by atoms with Gasteiger partial charge in [-0.1, -0.05) is 48.5 Å². The number of amides is 1. The summed E-state index contributed by atoms with van der Waals surface area (Å²) in [5, 5.41) is 3.15. The summed E-state index contributed by atoms with van der Waals surface area (Å²) < 4.78 is 0. The number of benzene rings is 2. The molecule has 2 N–H and O–H groups in total. The van der Waals surface area contributed by atoms with Crippen LogP contribution in [0.25, 0.3) is 0 Å². The molecule has 0 spiro atoms. The van der Waals surface area contributed by atoms with E-state index in [0.29, 0.717) is 23.5 Å². The quantitative estimate of drug-likeness (QED) is 0.673. The first-order valence-electron chi connectivity index (χ1n) is 9.83. The van der Waals surface area contributed by atoms with E-state index >= 15 is 0 Å². The molecule has 1 heterocycles. The van der Waals surface area contributed by atoms with Gasteiger partial charge >= 0.3 is 0 Å². The van der Waals surface area contributed by atoms with Crippen molar-refractivity contribution in [3.8, 4) is 0 Å². The van der Waals surface area contributed by atoms with Crippen LogP contribution in [0.2, 0.25) is 0 Å². The number of hydrogen-bond donors (Lipinski definition) is 2. The van der Waals surface area contributed by atoms with E-state index in [-0.39, 0.29) is 23.9 Å². The third-order valence-electron chi connectivity index (χ3n) is 5.25. The van der Waals surface area contributed by atoms with Crippen LogP contribution in [0, 0.1) is 27.7 Å². The van der Waals surface area contributed by atoms with E-state index in [9.17, 15) is 9.59 Å². The van der Waals surface area contributed by atoms with Crippen LogP contribution in [0.15, 0.2) is 53.3 Å². The minimum Gasteiger partial charge on any atom is -0.345 e. The summed E-state index contributed by atoms with van der Waals surface area (Å²) in [6.45, 7) is 7.70. The summed E-state index contributed by atoms with van der Waals surface area (Å²) in [4.78, 5) is 32.0. The molecule has 0 aliphatic carbocycles. The van der Waals surface area contributed by atoms with Crippen molar-refractivity contribution in [2.45, 2.75) is 46.6 Å². The van der Waals surface area contributed by atoms with E-state index in [4.69, 9.17) is 0 Å². The Morgan fingerprint density at radius 3 is 2.38 bits per heavy atom. The Morgan fingerprint density at radius 1 is 1.00 bits per heavy atom. The van der Waals surface area contributed by atoms with Crippen LogP contribution in [0.3, 0.4) is 0 Å². The molecule has 5 nitrogen and oxygen atoms in total. The molecule has 0 saturated carbocycles. The highest BCUT2D eigenvalue weighted by atomic mass is 16.1. The Morgan fingerprint density at radius 2 is 1.72 bits per heavy atom. The average molecular weight is 389 g/mol. The number of carbonyl (C=O) groups is 1. The Kier molecular flexibility index (Phi) is 6.27. The van der Waals surface area contributed by atoms with Crippen molar-refractivity contribution in [2.24, 2.45) is 0 Å². The maximum Gasteiger partial charge on any atom is 0.254 e. The number of H-pyrrole nitrogens is 1. The summed E-state index contributed by atoms with van der Waals surface area (Å²) in [6, 6.07) is 15.9. The van der Waals surface area contributed by atoms with Crippen molar-refractivity contribution in [3.05, 3.63) is 98.2 Å². The zero-order valence-corrected chi connectivity index (χ0v) is 17.4. The first-order chi connectivity index (χ1) is 13.8. The molecule has 150 valence electrons. The van der Waals surface area contributed by atoms with Gasteiger partial charge in [-0.2, -0.15) is 0 Å². The number of aromatic nitrogens is 2. The van der Waals surface area contributed by atoms with Gasteiger partial charge in [0.1, 0.15) is 5.82 Å². The Hall–Kier alpha value is -3.21. The number of rotatable bonds is 6. The first-order valence-corrected chi connectivity index (χ1v) is 9.83. The van der Waals surface area contributed by atoms with E-state index in [1.54, 1.807) is 13.8 Å². The van der Waals surface area contributed by atoms with Crippen LogP contribution < -0.4 is 10.9 Å². The zero-order chi connectivity index (χ0) is 21.0. The van der Waals surface area contributed by atoms with Crippen molar-refractivity contribution < 1.29 is 4.79 Å². The molecule has 1 atom stereocenters. The molecular weight excluding hydrogens is 362 g/mol. The molecule has 0 unspecified atom stereocenters. The first kappa shape index (κ1) is 20.5. The molecule has 5 heteroatoms. The van der Waals surface area contributed by atoms with Gasteiger partial charge in [0, 0.05) is 17.7 Å². The summed E-state index contributed by atoms with van der Waals surface area (Å²) in [5.74, 6) is 0.482. The van der Waals surface area contributed by atoms with Crippen LogP contribution in [-0.4, -0.2) is 15.9 Å². The molecule has 0 saturated heterocycles. The summed E-state index contributed by atoms with van der Waals surface area (Å²) >= 11 is 0. The van der Waals surface area contributed by atoms with Gasteiger partial charge in [0.2, 0.25) is 5.91 Å². The minimum absolute atomic E-state index is 0.101. The van der Waals surface area contributed by atoms with Gasteiger partial charge in [-0.05, 0) is 56.4 Å². The van der Waals surface area contributed by atoms with E-state index in [0.717, 1.165) is 11.1 Å². The summed E-state index contributed by atoms with van der Waals surface area (Å²) in [5.41, 5.74) is 5.53. The lowest BCUT2D eigenvalue weighted by atomic mass is 9.95. The number of carbonyl (C=O) groups excluding carboxylic acids is 1. The van der Waals surface area contributed by atoms with E-state index in [1.165, 1.54) is 11.1 Å². The second kappa shape index (κ2) is 8.86. The van der Waals surface area contributed by atoms with E-state index in [1.807, 2.05) is 30.3 Å². The van der Waals surface area contributed by atoms with E-state index < -0.39 is 0 Å². The number of nitrogens with one attached hydrogen (secondary N) is 2. The van der Waals surface area contributed by atoms with Crippen molar-refractivity contribution in [1.29, 1.82) is 0 Å². The van der Waals surface area contributed by atoms with Crippen molar-refractivity contribution >= 4 is 5.91 Å². The fourth-order valence-corrected chi connectivity index (χ4v) is 3.47. The van der Waals surface area contributed by atoms with Crippen molar-refractivity contribution in [1.82, 2.24) is 15.3 Å². The zero-order valence-electron chi connectivity index (χ0n) is 17.4. The lowest BCUT2D eigenvalue weighted by Crippen LogP contribution is -2.30. The van der Waals surface area contributed by atoms with Crippen LogP contribution >= 0.6 is 0 Å². The molecule has 1 amide bonds. The molecule has 0 aliphatic heterocycles. The Bertz CT molecular complexity index is 1070. The number of aromatic amines is 1. The van der Waals surface area contributed by atoms with E-state index in [2.05, 4.69) is 47.3 Å². The van der Waals surface area contributed by atoms with Gasteiger partial charge < -0.3 is 10.3 Å². The molecule has 0 fully saturated rings. The normalized spacial score (nSPS) is 11.9. The Balaban J connectivity index is 1.80. The molecule has 3 aromatic rings. The fraction of sp³-hybridized carbons (Fsp3) is 0.292. The van der Waals surface area contributed by atoms with Crippen LogP contribution in [0.4, 0.5) is 0 Å². The predicted molar refractivity (Wildman–Crippen MR) is 115 cm³/mol. The molecular formula is C24H27N3O2. The topological polar surface area (TPSA) is 74.8 Å². The molecule has 0 bridgehead atoms. The largest absolute Gasteiger partial charge is 0.345 e. The summed E-state index contributed by atoms with van der Waals surface area (Å²) in [6.07, 6.45) is 0.581. The van der Waals surface area contributed by atoms with Gasteiger partial charge in [-0.25, -0.2) is 4.98 Å². The highest BCUT2D eigenvalue weighted by Gasteiger charge is 2.18. The van der Waals surface area contributed by atoms with Crippen molar-refractivity contribution in [2.75, 3.05) is 0 Å². The standard InChI is InChI=1S/C24H27N3O2/c1-15-10-11-20(14-16(15)2)23(19-8-6-5-7-9-19)27-22(28)13-12-21-17(3)25-18(4)26-24(21)29/h5-11,14,23H,12-13H2,1-4H3,(H,27,28)(H,25,26,29)/t23-/m1/s1. The third-order valence-corrected chi connectivity index (χ3v) is 5.25.